The molecule has 0 aromatic carbocycles. The minimum Gasteiger partial charge on any atom is -0.396 e. The van der Waals surface area contributed by atoms with Crippen molar-refractivity contribution in [2.75, 3.05) is 6.61 Å². The molecule has 0 rings (SSSR count). The predicted octanol–water partition coefficient (Wildman–Crippen LogP) is 2.42. The lowest BCUT2D eigenvalue weighted by atomic mass is 10.1. The molecule has 0 saturated heterocycles. The molecule has 2 heteroatoms. The summed E-state index contributed by atoms with van der Waals surface area (Å²) in [6.45, 7) is 2.34. The van der Waals surface area contributed by atoms with Gasteiger partial charge in [0.15, 0.2) is 0 Å². The van der Waals surface area contributed by atoms with E-state index in [1.807, 2.05) is 18.2 Å². The van der Waals surface area contributed by atoms with Crippen LogP contribution in [0.1, 0.15) is 39.0 Å². The average molecular weight is 198 g/mol. The number of hydrogen-bond donors (Lipinski definition) is 2. The summed E-state index contributed by atoms with van der Waals surface area (Å²) in [4.78, 5) is 0. The summed E-state index contributed by atoms with van der Waals surface area (Å²) in [5, 5.41) is 18.0. The summed E-state index contributed by atoms with van der Waals surface area (Å²) in [6.07, 6.45) is 12.0. The molecule has 0 radical (unpaired) electrons. The molecule has 0 bridgehead atoms. The minimum atomic E-state index is -0.319. The van der Waals surface area contributed by atoms with E-state index in [9.17, 15) is 5.11 Å². The smallest absolute Gasteiger partial charge is 0.0723 e. The third kappa shape index (κ3) is 9.49. The molecule has 14 heavy (non-hydrogen) atoms. The normalized spacial score (nSPS) is 14.2. The topological polar surface area (TPSA) is 40.5 Å². The minimum absolute atomic E-state index is 0.184. The lowest BCUT2D eigenvalue weighted by molar-refractivity contribution is 0.208. The molecule has 0 amide bonds. The zero-order valence-corrected chi connectivity index (χ0v) is 9.02. The van der Waals surface area contributed by atoms with Crippen LogP contribution >= 0.6 is 0 Å². The molecule has 0 fully saturated rings. The summed E-state index contributed by atoms with van der Waals surface area (Å²) in [7, 11) is 0. The fourth-order valence-corrected chi connectivity index (χ4v) is 1.14. The van der Waals surface area contributed by atoms with E-state index in [0.29, 0.717) is 6.42 Å². The van der Waals surface area contributed by atoms with Crippen molar-refractivity contribution < 1.29 is 10.2 Å². The molecular formula is C12H22O2. The Kier molecular flexibility index (Phi) is 10.0. The fourth-order valence-electron chi connectivity index (χ4n) is 1.14. The van der Waals surface area contributed by atoms with E-state index in [2.05, 4.69) is 6.92 Å². The van der Waals surface area contributed by atoms with Gasteiger partial charge in [-0.15, -0.1) is 0 Å². The Bertz CT molecular complexity index is 162. The number of hydrogen-bond acceptors (Lipinski definition) is 2. The molecule has 0 aliphatic rings. The molecule has 1 atom stereocenters. The maximum atomic E-state index is 9.46. The molecule has 0 spiro atoms. The molecular weight excluding hydrogens is 176 g/mol. The SMILES string of the molecule is CCCCC[C@H](O)/C=C/C=CCCO. The molecule has 0 aromatic rings. The number of aliphatic hydroxyl groups excluding tert-OH is 2. The molecule has 0 unspecified atom stereocenters. The van der Waals surface area contributed by atoms with Crippen molar-refractivity contribution in [3.63, 3.8) is 0 Å². The molecule has 0 aliphatic heterocycles. The first-order valence-electron chi connectivity index (χ1n) is 5.43. The van der Waals surface area contributed by atoms with Crippen molar-refractivity contribution in [3.8, 4) is 0 Å². The number of rotatable bonds is 8. The summed E-state index contributed by atoms with van der Waals surface area (Å²) in [5.41, 5.74) is 0. The van der Waals surface area contributed by atoms with E-state index in [0.717, 1.165) is 12.8 Å². The largest absolute Gasteiger partial charge is 0.396 e. The Morgan fingerprint density at radius 3 is 2.64 bits per heavy atom. The van der Waals surface area contributed by atoms with Crippen LogP contribution in [0, 0.1) is 0 Å². The van der Waals surface area contributed by atoms with Crippen molar-refractivity contribution >= 4 is 0 Å². The first-order chi connectivity index (χ1) is 6.81. The van der Waals surface area contributed by atoms with Gasteiger partial charge in [0.05, 0.1) is 6.10 Å². The highest BCUT2D eigenvalue weighted by atomic mass is 16.3. The quantitative estimate of drug-likeness (QED) is 0.464. The molecule has 2 nitrogen and oxygen atoms in total. The second-order valence-electron chi connectivity index (χ2n) is 3.39. The third-order valence-electron chi connectivity index (χ3n) is 1.98. The van der Waals surface area contributed by atoms with Crippen LogP contribution in [0.25, 0.3) is 0 Å². The maximum absolute atomic E-state index is 9.46. The summed E-state index contributed by atoms with van der Waals surface area (Å²) in [6, 6.07) is 0. The number of allylic oxidation sites excluding steroid dienone is 2. The zero-order chi connectivity index (χ0) is 10.6. The molecule has 0 aromatic heterocycles. The van der Waals surface area contributed by atoms with Gasteiger partial charge in [-0.05, 0) is 12.8 Å². The highest BCUT2D eigenvalue weighted by Crippen LogP contribution is 2.04. The Labute approximate surface area is 87.0 Å². The van der Waals surface area contributed by atoms with Crippen LogP contribution in [0.2, 0.25) is 0 Å². The van der Waals surface area contributed by atoms with E-state index < -0.39 is 0 Å². The second kappa shape index (κ2) is 10.5. The predicted molar refractivity (Wildman–Crippen MR) is 60.1 cm³/mol. The van der Waals surface area contributed by atoms with Gasteiger partial charge in [-0.3, -0.25) is 0 Å². The van der Waals surface area contributed by atoms with E-state index in [1.54, 1.807) is 6.08 Å². The van der Waals surface area contributed by atoms with Crippen LogP contribution in [0.3, 0.4) is 0 Å². The van der Waals surface area contributed by atoms with Crippen LogP contribution in [-0.2, 0) is 0 Å². The van der Waals surface area contributed by atoms with Crippen LogP contribution in [0.4, 0.5) is 0 Å². The van der Waals surface area contributed by atoms with Gasteiger partial charge in [0.1, 0.15) is 0 Å². The summed E-state index contributed by atoms with van der Waals surface area (Å²) < 4.78 is 0. The molecule has 82 valence electrons. The fraction of sp³-hybridized carbons (Fsp3) is 0.667. The van der Waals surface area contributed by atoms with Gasteiger partial charge in [-0.1, -0.05) is 50.5 Å². The maximum Gasteiger partial charge on any atom is 0.0723 e. The molecule has 2 N–H and O–H groups in total. The second-order valence-corrected chi connectivity index (χ2v) is 3.39. The highest BCUT2D eigenvalue weighted by Gasteiger charge is 1.96. The molecule has 0 heterocycles. The molecule has 0 aliphatic carbocycles. The Morgan fingerprint density at radius 2 is 2.00 bits per heavy atom. The Morgan fingerprint density at radius 1 is 1.21 bits per heavy atom. The standard InChI is InChI=1S/C12H22O2/c1-2-3-6-9-12(14)10-7-4-5-8-11-13/h4-5,7,10,12-14H,2-3,6,8-9,11H2,1H3/b5-4?,10-7+/t12-/m0/s1. The van der Waals surface area contributed by atoms with E-state index in [4.69, 9.17) is 5.11 Å². The highest BCUT2D eigenvalue weighted by molar-refractivity contribution is 5.04. The van der Waals surface area contributed by atoms with Gasteiger partial charge in [0, 0.05) is 6.61 Å². The molecule has 0 saturated carbocycles. The van der Waals surface area contributed by atoms with Crippen LogP contribution in [0.15, 0.2) is 24.3 Å². The van der Waals surface area contributed by atoms with Gasteiger partial charge in [-0.25, -0.2) is 0 Å². The zero-order valence-electron chi connectivity index (χ0n) is 9.02. The van der Waals surface area contributed by atoms with Crippen molar-refractivity contribution in [2.45, 2.75) is 45.1 Å². The van der Waals surface area contributed by atoms with Gasteiger partial charge in [0.25, 0.3) is 0 Å². The van der Waals surface area contributed by atoms with Gasteiger partial charge < -0.3 is 10.2 Å². The van der Waals surface area contributed by atoms with Gasteiger partial charge in [-0.2, -0.15) is 0 Å². The van der Waals surface area contributed by atoms with Gasteiger partial charge in [0.2, 0.25) is 0 Å². The number of aliphatic hydroxyl groups is 2. The number of unbranched alkanes of at least 4 members (excludes halogenated alkanes) is 2. The third-order valence-corrected chi connectivity index (χ3v) is 1.98. The van der Waals surface area contributed by atoms with Crippen LogP contribution in [0.5, 0.6) is 0 Å². The van der Waals surface area contributed by atoms with Crippen molar-refractivity contribution in [2.24, 2.45) is 0 Å². The Hall–Kier alpha value is -0.600. The van der Waals surface area contributed by atoms with Crippen molar-refractivity contribution in [1.82, 2.24) is 0 Å². The van der Waals surface area contributed by atoms with Crippen molar-refractivity contribution in [3.05, 3.63) is 24.3 Å². The summed E-state index contributed by atoms with van der Waals surface area (Å²) >= 11 is 0. The van der Waals surface area contributed by atoms with Crippen LogP contribution < -0.4 is 0 Å². The van der Waals surface area contributed by atoms with E-state index in [-0.39, 0.29) is 12.7 Å². The monoisotopic (exact) mass is 198 g/mol. The lowest BCUT2D eigenvalue weighted by Gasteiger charge is -2.02. The van der Waals surface area contributed by atoms with Gasteiger partial charge >= 0.3 is 0 Å². The summed E-state index contributed by atoms with van der Waals surface area (Å²) in [5.74, 6) is 0. The lowest BCUT2D eigenvalue weighted by Crippen LogP contribution is -2.00. The van der Waals surface area contributed by atoms with Crippen molar-refractivity contribution in [1.29, 1.82) is 0 Å². The first kappa shape index (κ1) is 13.4. The Balaban J connectivity index is 3.44. The van der Waals surface area contributed by atoms with E-state index in [1.165, 1.54) is 12.8 Å². The first-order valence-corrected chi connectivity index (χ1v) is 5.43. The van der Waals surface area contributed by atoms with E-state index >= 15 is 0 Å². The average Bonchev–Trinajstić information content (AvgIpc) is 2.18. The van der Waals surface area contributed by atoms with Crippen LogP contribution in [-0.4, -0.2) is 22.9 Å².